The third-order valence-corrected chi connectivity index (χ3v) is 3.34. The Labute approximate surface area is 113 Å². The fourth-order valence-corrected chi connectivity index (χ4v) is 2.29. The Morgan fingerprint density at radius 2 is 2.32 bits per heavy atom. The minimum atomic E-state index is -0.305. The van der Waals surface area contributed by atoms with E-state index >= 15 is 0 Å². The predicted octanol–water partition coefficient (Wildman–Crippen LogP) is 1.15. The largest absolute Gasteiger partial charge is 0.401 e. The summed E-state index contributed by atoms with van der Waals surface area (Å²) in [7, 11) is 0. The number of hydrogen-bond donors (Lipinski definition) is 1. The molecule has 2 N–H and O–H groups in total. The van der Waals surface area contributed by atoms with Crippen molar-refractivity contribution in [1.82, 2.24) is 14.6 Å². The quantitative estimate of drug-likeness (QED) is 0.510. The number of aromatic nitrogens is 3. The molecule has 0 fully saturated rings. The third kappa shape index (κ3) is 2.74. The maximum Gasteiger partial charge on any atom is 0.196 e. The fourth-order valence-electron chi connectivity index (χ4n) is 1.49. The molecule has 7 heteroatoms. The number of Topliss-reactive ketones (excluding diaryl/α,β-unsaturated/α-hetero) is 1. The zero-order valence-electron chi connectivity index (χ0n) is 10.2. The van der Waals surface area contributed by atoms with Crippen molar-refractivity contribution in [3.8, 4) is 6.07 Å². The maximum atomic E-state index is 11.8. The molecule has 0 unspecified atom stereocenters. The number of nitrogens with two attached hydrogens (primary N) is 1. The Kier molecular flexibility index (Phi) is 3.82. The van der Waals surface area contributed by atoms with Gasteiger partial charge in [0.2, 0.25) is 0 Å². The SMILES string of the molecule is C/C(N)=C(/C#N)C(=O)CSc1nnc2ccccn12. The normalized spacial score (nSPS) is 12.0. The smallest absolute Gasteiger partial charge is 0.196 e. The predicted molar refractivity (Wildman–Crippen MR) is 71.2 cm³/mol. The minimum absolute atomic E-state index is 0.00122. The number of pyridine rings is 1. The zero-order valence-corrected chi connectivity index (χ0v) is 11.0. The lowest BCUT2D eigenvalue weighted by molar-refractivity contribution is -0.112. The molecule has 0 aliphatic carbocycles. The first-order valence-electron chi connectivity index (χ1n) is 5.45. The van der Waals surface area contributed by atoms with Crippen LogP contribution in [0.2, 0.25) is 0 Å². The van der Waals surface area contributed by atoms with Crippen LogP contribution in [-0.4, -0.2) is 26.1 Å². The van der Waals surface area contributed by atoms with Crippen LogP contribution >= 0.6 is 11.8 Å². The summed E-state index contributed by atoms with van der Waals surface area (Å²) in [4.78, 5) is 11.8. The molecule has 19 heavy (non-hydrogen) atoms. The Balaban J connectivity index is 2.14. The molecule has 0 atom stereocenters. The molecular formula is C12H11N5OS. The van der Waals surface area contributed by atoms with Gasteiger partial charge in [0.15, 0.2) is 16.6 Å². The van der Waals surface area contributed by atoms with Gasteiger partial charge in [-0.05, 0) is 19.1 Å². The lowest BCUT2D eigenvalue weighted by Gasteiger charge is -2.00. The summed E-state index contributed by atoms with van der Waals surface area (Å²) in [6, 6.07) is 7.35. The maximum absolute atomic E-state index is 11.8. The molecule has 0 saturated heterocycles. The summed E-state index contributed by atoms with van der Waals surface area (Å²) in [6.07, 6.45) is 1.82. The number of nitriles is 1. The Hall–Kier alpha value is -2.33. The van der Waals surface area contributed by atoms with Crippen LogP contribution in [0, 0.1) is 11.3 Å². The highest BCUT2D eigenvalue weighted by Crippen LogP contribution is 2.18. The molecule has 0 aromatic carbocycles. The van der Waals surface area contributed by atoms with Crippen LogP contribution in [0.25, 0.3) is 5.65 Å². The lowest BCUT2D eigenvalue weighted by atomic mass is 10.2. The topological polar surface area (TPSA) is 97.1 Å². The van der Waals surface area contributed by atoms with E-state index in [1.165, 1.54) is 18.7 Å². The molecule has 0 radical (unpaired) electrons. The molecule has 0 aliphatic heterocycles. The summed E-state index contributed by atoms with van der Waals surface area (Å²) in [5.41, 5.74) is 6.43. The van der Waals surface area contributed by atoms with E-state index in [1.54, 1.807) is 4.40 Å². The van der Waals surface area contributed by atoms with Crippen LogP contribution in [0.1, 0.15) is 6.92 Å². The van der Waals surface area contributed by atoms with Crippen molar-refractivity contribution in [2.45, 2.75) is 12.1 Å². The number of thioether (sulfide) groups is 1. The Morgan fingerprint density at radius 1 is 1.53 bits per heavy atom. The highest BCUT2D eigenvalue weighted by Gasteiger charge is 2.14. The van der Waals surface area contributed by atoms with E-state index in [2.05, 4.69) is 10.2 Å². The molecule has 2 heterocycles. The number of carbonyl (C=O) groups excluding carboxylic acids is 1. The van der Waals surface area contributed by atoms with Crippen LogP contribution in [-0.2, 0) is 4.79 Å². The summed E-state index contributed by atoms with van der Waals surface area (Å²) < 4.78 is 1.78. The first-order valence-corrected chi connectivity index (χ1v) is 6.44. The third-order valence-electron chi connectivity index (χ3n) is 2.40. The van der Waals surface area contributed by atoms with Gasteiger partial charge >= 0.3 is 0 Å². The van der Waals surface area contributed by atoms with Crippen molar-refractivity contribution in [3.63, 3.8) is 0 Å². The first-order chi connectivity index (χ1) is 9.13. The second-order valence-electron chi connectivity index (χ2n) is 3.79. The molecule has 0 bridgehead atoms. The molecule has 96 valence electrons. The van der Waals surface area contributed by atoms with Gasteiger partial charge in [-0.25, -0.2) is 0 Å². The van der Waals surface area contributed by atoms with Crippen molar-refractivity contribution in [3.05, 3.63) is 35.7 Å². The standard InChI is InChI=1S/C12H11N5OS/c1-8(14)9(6-13)10(18)7-19-12-16-15-11-4-2-3-5-17(11)12/h2-5H,7,14H2,1H3/b9-8+. The minimum Gasteiger partial charge on any atom is -0.401 e. The monoisotopic (exact) mass is 273 g/mol. The first kappa shape index (κ1) is 13.1. The molecule has 0 saturated carbocycles. The van der Waals surface area contributed by atoms with E-state index in [4.69, 9.17) is 11.0 Å². The number of ketones is 1. The van der Waals surface area contributed by atoms with Crippen molar-refractivity contribution in [2.24, 2.45) is 5.73 Å². The molecule has 6 nitrogen and oxygen atoms in total. The van der Waals surface area contributed by atoms with Crippen LogP contribution in [0.5, 0.6) is 0 Å². The van der Waals surface area contributed by atoms with Crippen molar-refractivity contribution < 1.29 is 4.79 Å². The van der Waals surface area contributed by atoms with Gasteiger partial charge in [0.05, 0.1) is 5.75 Å². The molecule has 0 spiro atoms. The van der Waals surface area contributed by atoms with Gasteiger partial charge in [-0.3, -0.25) is 9.20 Å². The summed E-state index contributed by atoms with van der Waals surface area (Å²) >= 11 is 1.22. The van der Waals surface area contributed by atoms with Gasteiger partial charge in [0, 0.05) is 11.9 Å². The summed E-state index contributed by atoms with van der Waals surface area (Å²) in [5.74, 6) is -0.201. The highest BCUT2D eigenvalue weighted by molar-refractivity contribution is 7.99. The Bertz CT molecular complexity index is 693. The van der Waals surface area contributed by atoms with Gasteiger partial charge in [0.25, 0.3) is 0 Å². The lowest BCUT2D eigenvalue weighted by Crippen LogP contribution is -2.10. The van der Waals surface area contributed by atoms with Gasteiger partial charge in [-0.1, -0.05) is 17.8 Å². The number of nitrogens with zero attached hydrogens (tertiary/aromatic N) is 4. The molecule has 2 rings (SSSR count). The van der Waals surface area contributed by atoms with Gasteiger partial charge < -0.3 is 5.73 Å². The summed E-state index contributed by atoms with van der Waals surface area (Å²) in [6.45, 7) is 1.54. The van der Waals surface area contributed by atoms with Gasteiger partial charge in [0.1, 0.15) is 11.6 Å². The van der Waals surface area contributed by atoms with Crippen LogP contribution < -0.4 is 5.73 Å². The van der Waals surface area contributed by atoms with E-state index in [0.717, 1.165) is 0 Å². The van der Waals surface area contributed by atoms with Crippen molar-refractivity contribution >= 4 is 23.2 Å². The van der Waals surface area contributed by atoms with Gasteiger partial charge in [-0.2, -0.15) is 5.26 Å². The molecule has 0 aliphatic rings. The van der Waals surface area contributed by atoms with Gasteiger partial charge in [-0.15, -0.1) is 10.2 Å². The van der Waals surface area contributed by atoms with E-state index < -0.39 is 0 Å². The van der Waals surface area contributed by atoms with Crippen LogP contribution in [0.15, 0.2) is 40.8 Å². The zero-order chi connectivity index (χ0) is 13.8. The van der Waals surface area contributed by atoms with E-state index in [0.29, 0.717) is 10.8 Å². The second kappa shape index (κ2) is 5.54. The average Bonchev–Trinajstić information content (AvgIpc) is 2.80. The van der Waals surface area contributed by atoms with E-state index in [9.17, 15) is 4.79 Å². The number of carbonyl (C=O) groups is 1. The van der Waals surface area contributed by atoms with E-state index in [1.807, 2.05) is 30.5 Å². The molecular weight excluding hydrogens is 262 g/mol. The van der Waals surface area contributed by atoms with Crippen molar-refractivity contribution in [2.75, 3.05) is 5.75 Å². The molecule has 2 aromatic rings. The van der Waals surface area contributed by atoms with Crippen LogP contribution in [0.4, 0.5) is 0 Å². The number of rotatable bonds is 4. The number of fused-ring (bicyclic) bond motifs is 1. The highest BCUT2D eigenvalue weighted by atomic mass is 32.2. The number of hydrogen-bond acceptors (Lipinski definition) is 6. The van der Waals surface area contributed by atoms with E-state index in [-0.39, 0.29) is 22.8 Å². The van der Waals surface area contributed by atoms with Crippen molar-refractivity contribution in [1.29, 1.82) is 5.26 Å². The number of allylic oxidation sites excluding steroid dienone is 2. The average molecular weight is 273 g/mol. The van der Waals surface area contributed by atoms with Crippen LogP contribution in [0.3, 0.4) is 0 Å². The fraction of sp³-hybridized carbons (Fsp3) is 0.167. The Morgan fingerprint density at radius 3 is 3.00 bits per heavy atom. The second-order valence-corrected chi connectivity index (χ2v) is 4.74. The molecule has 0 amide bonds. The summed E-state index contributed by atoms with van der Waals surface area (Å²) in [5, 5.41) is 17.4. The molecule has 2 aromatic heterocycles.